The van der Waals surface area contributed by atoms with Gasteiger partial charge in [-0.25, -0.2) is 4.98 Å². The molecular weight excluding hydrogens is 260 g/mol. The highest BCUT2D eigenvalue weighted by molar-refractivity contribution is 5.48. The first-order chi connectivity index (χ1) is 10.1. The van der Waals surface area contributed by atoms with Crippen molar-refractivity contribution in [3.63, 3.8) is 0 Å². The third-order valence-corrected chi connectivity index (χ3v) is 4.29. The molecular formula is C17H30N4. The molecule has 2 rings (SSSR count). The van der Waals surface area contributed by atoms with E-state index in [0.717, 1.165) is 26.2 Å². The van der Waals surface area contributed by atoms with E-state index in [1.807, 2.05) is 6.20 Å². The zero-order valence-electron chi connectivity index (χ0n) is 14.0. The van der Waals surface area contributed by atoms with Gasteiger partial charge in [-0.1, -0.05) is 6.92 Å². The molecule has 4 heteroatoms. The van der Waals surface area contributed by atoms with Crippen molar-refractivity contribution in [2.75, 3.05) is 38.6 Å². The van der Waals surface area contributed by atoms with Crippen LogP contribution >= 0.6 is 0 Å². The Morgan fingerprint density at radius 2 is 2.24 bits per heavy atom. The van der Waals surface area contributed by atoms with Gasteiger partial charge in [0.1, 0.15) is 5.82 Å². The van der Waals surface area contributed by atoms with Crippen LogP contribution in [0, 0.1) is 6.92 Å². The summed E-state index contributed by atoms with van der Waals surface area (Å²) in [5.41, 5.74) is 2.58. The van der Waals surface area contributed by atoms with Crippen LogP contribution in [0.5, 0.6) is 0 Å². The molecule has 21 heavy (non-hydrogen) atoms. The fourth-order valence-electron chi connectivity index (χ4n) is 3.03. The molecule has 0 amide bonds. The monoisotopic (exact) mass is 290 g/mol. The number of aryl methyl sites for hydroxylation is 1. The van der Waals surface area contributed by atoms with Crippen LogP contribution in [0.2, 0.25) is 0 Å². The van der Waals surface area contributed by atoms with Crippen molar-refractivity contribution < 1.29 is 0 Å². The quantitative estimate of drug-likeness (QED) is 0.815. The van der Waals surface area contributed by atoms with Crippen molar-refractivity contribution in [3.05, 3.63) is 23.4 Å². The lowest BCUT2D eigenvalue weighted by Crippen LogP contribution is -2.45. The third kappa shape index (κ3) is 4.42. The molecule has 0 aliphatic carbocycles. The van der Waals surface area contributed by atoms with E-state index in [1.54, 1.807) is 0 Å². The topological polar surface area (TPSA) is 31.4 Å². The Bertz CT molecular complexity index is 444. The summed E-state index contributed by atoms with van der Waals surface area (Å²) >= 11 is 0. The van der Waals surface area contributed by atoms with Gasteiger partial charge < -0.3 is 15.1 Å². The summed E-state index contributed by atoms with van der Waals surface area (Å²) in [7, 11) is 4.36. The Hall–Kier alpha value is -1.13. The molecule has 1 N–H and O–H groups in total. The second kappa shape index (κ2) is 7.76. The average Bonchev–Trinajstić information content (AvgIpc) is 2.48. The molecule has 0 spiro atoms. The first-order valence-corrected chi connectivity index (χ1v) is 8.19. The highest BCUT2D eigenvalue weighted by atomic mass is 15.2. The van der Waals surface area contributed by atoms with Crippen molar-refractivity contribution in [1.82, 2.24) is 15.2 Å². The minimum Gasteiger partial charge on any atom is -0.355 e. The van der Waals surface area contributed by atoms with E-state index >= 15 is 0 Å². The number of nitrogens with one attached hydrogen (secondary N) is 1. The summed E-state index contributed by atoms with van der Waals surface area (Å²) in [6, 6.07) is 2.93. The summed E-state index contributed by atoms with van der Waals surface area (Å²) in [6.45, 7) is 8.58. The van der Waals surface area contributed by atoms with Gasteiger partial charge in [-0.3, -0.25) is 0 Å². The molecule has 118 valence electrons. The normalized spacial score (nSPS) is 19.3. The van der Waals surface area contributed by atoms with Crippen molar-refractivity contribution in [2.24, 2.45) is 0 Å². The van der Waals surface area contributed by atoms with E-state index in [0.29, 0.717) is 6.04 Å². The Morgan fingerprint density at radius 3 is 2.90 bits per heavy atom. The average molecular weight is 290 g/mol. The van der Waals surface area contributed by atoms with Crippen LogP contribution in [-0.4, -0.2) is 49.7 Å². The van der Waals surface area contributed by atoms with Crippen molar-refractivity contribution in [2.45, 2.75) is 45.7 Å². The van der Waals surface area contributed by atoms with Gasteiger partial charge in [-0.2, -0.15) is 0 Å². The van der Waals surface area contributed by atoms with Gasteiger partial charge in [0.05, 0.1) is 0 Å². The summed E-state index contributed by atoms with van der Waals surface area (Å²) in [5.74, 6) is 1.17. The fraction of sp³-hybridized carbons (Fsp3) is 0.706. The van der Waals surface area contributed by atoms with Crippen molar-refractivity contribution >= 4 is 5.82 Å². The maximum atomic E-state index is 4.74. The van der Waals surface area contributed by atoms with Gasteiger partial charge in [0.25, 0.3) is 0 Å². The minimum absolute atomic E-state index is 0.644. The molecule has 1 fully saturated rings. The van der Waals surface area contributed by atoms with Crippen LogP contribution < -0.4 is 10.2 Å². The number of piperidine rings is 1. The Kier molecular flexibility index (Phi) is 6.00. The van der Waals surface area contributed by atoms with Crippen LogP contribution in [0.3, 0.4) is 0 Å². The summed E-state index contributed by atoms with van der Waals surface area (Å²) in [4.78, 5) is 9.53. The van der Waals surface area contributed by atoms with E-state index < -0.39 is 0 Å². The second-order valence-electron chi connectivity index (χ2n) is 6.37. The highest BCUT2D eigenvalue weighted by Gasteiger charge is 2.23. The molecule has 1 atom stereocenters. The Labute approximate surface area is 129 Å². The van der Waals surface area contributed by atoms with E-state index in [1.165, 1.54) is 36.2 Å². The fourth-order valence-corrected chi connectivity index (χ4v) is 3.03. The van der Waals surface area contributed by atoms with Crippen LogP contribution in [0.1, 0.15) is 37.3 Å². The van der Waals surface area contributed by atoms with Gasteiger partial charge in [0, 0.05) is 31.9 Å². The van der Waals surface area contributed by atoms with Crippen LogP contribution in [0.15, 0.2) is 12.3 Å². The lowest BCUT2D eigenvalue weighted by Gasteiger charge is -2.37. The smallest absolute Gasteiger partial charge is 0.131 e. The standard InChI is InChI=1S/C17H30N4/c1-5-8-18-11-15-10-14(2)17(19-12-15)21-9-6-7-16(13-21)20(3)4/h10,12,16,18H,5-9,11,13H2,1-4H3. The maximum absolute atomic E-state index is 4.74. The molecule has 2 heterocycles. The van der Waals surface area contributed by atoms with Crippen LogP contribution in [0.4, 0.5) is 5.82 Å². The lowest BCUT2D eigenvalue weighted by atomic mass is 10.0. The molecule has 1 aromatic rings. The number of rotatable bonds is 6. The largest absolute Gasteiger partial charge is 0.355 e. The molecule has 1 aromatic heterocycles. The Morgan fingerprint density at radius 1 is 1.43 bits per heavy atom. The molecule has 0 aromatic carbocycles. The van der Waals surface area contributed by atoms with Crippen molar-refractivity contribution in [1.29, 1.82) is 0 Å². The molecule has 0 bridgehead atoms. The van der Waals surface area contributed by atoms with Gasteiger partial charge >= 0.3 is 0 Å². The zero-order chi connectivity index (χ0) is 15.2. The Balaban J connectivity index is 2.02. The summed E-state index contributed by atoms with van der Waals surface area (Å²) < 4.78 is 0. The number of likely N-dealkylation sites (N-methyl/N-ethyl adjacent to an activating group) is 1. The molecule has 1 aliphatic rings. The first-order valence-electron chi connectivity index (χ1n) is 8.19. The predicted octanol–water partition coefficient (Wildman–Crippen LogP) is 2.42. The van der Waals surface area contributed by atoms with Gasteiger partial charge in [0.15, 0.2) is 0 Å². The van der Waals surface area contributed by atoms with Crippen LogP contribution in [-0.2, 0) is 6.54 Å². The van der Waals surface area contributed by atoms with Gasteiger partial charge in [-0.15, -0.1) is 0 Å². The summed E-state index contributed by atoms with van der Waals surface area (Å²) in [6.07, 6.45) is 5.75. The number of hydrogen-bond donors (Lipinski definition) is 1. The first kappa shape index (κ1) is 16.2. The van der Waals surface area contributed by atoms with E-state index in [9.17, 15) is 0 Å². The SMILES string of the molecule is CCCNCc1cnc(N2CCCC(N(C)C)C2)c(C)c1. The predicted molar refractivity (Wildman–Crippen MR) is 89.9 cm³/mol. The zero-order valence-corrected chi connectivity index (χ0v) is 14.0. The van der Waals surface area contributed by atoms with E-state index in [2.05, 4.69) is 49.1 Å². The number of hydrogen-bond acceptors (Lipinski definition) is 4. The molecule has 4 nitrogen and oxygen atoms in total. The molecule has 0 saturated carbocycles. The van der Waals surface area contributed by atoms with Gasteiger partial charge in [-0.05, 0) is 64.0 Å². The molecule has 0 radical (unpaired) electrons. The maximum Gasteiger partial charge on any atom is 0.131 e. The third-order valence-electron chi connectivity index (χ3n) is 4.29. The van der Waals surface area contributed by atoms with Crippen LogP contribution in [0.25, 0.3) is 0 Å². The minimum atomic E-state index is 0.644. The van der Waals surface area contributed by atoms with Crippen molar-refractivity contribution in [3.8, 4) is 0 Å². The van der Waals surface area contributed by atoms with E-state index in [4.69, 9.17) is 4.98 Å². The second-order valence-corrected chi connectivity index (χ2v) is 6.37. The van der Waals surface area contributed by atoms with Gasteiger partial charge in [0.2, 0.25) is 0 Å². The molecule has 1 aliphatic heterocycles. The summed E-state index contributed by atoms with van der Waals surface area (Å²) in [5, 5.41) is 3.44. The highest BCUT2D eigenvalue weighted by Crippen LogP contribution is 2.23. The number of nitrogens with zero attached hydrogens (tertiary/aromatic N) is 3. The van der Waals surface area contributed by atoms with E-state index in [-0.39, 0.29) is 0 Å². The number of anilines is 1. The number of pyridine rings is 1. The number of aromatic nitrogens is 1. The lowest BCUT2D eigenvalue weighted by molar-refractivity contribution is 0.257. The molecule has 1 unspecified atom stereocenters. The molecule has 1 saturated heterocycles.